The number of halogens is 3. The molecule has 0 aromatic carbocycles. The number of fused-ring (bicyclic) bond motifs is 2. The second-order valence-corrected chi connectivity index (χ2v) is 5.17. The predicted molar refractivity (Wildman–Crippen MR) is 51.7 cm³/mol. The molecule has 16 heavy (non-hydrogen) atoms. The van der Waals surface area contributed by atoms with Crippen molar-refractivity contribution in [2.45, 2.75) is 41.9 Å². The first kappa shape index (κ1) is 10.2. The van der Waals surface area contributed by atoms with Gasteiger partial charge in [-0.15, -0.1) is 10.2 Å². The molecule has 1 N–H and O–H groups in total. The number of hydrogen-bond acceptors (Lipinski definition) is 4. The van der Waals surface area contributed by atoms with Crippen molar-refractivity contribution in [1.29, 1.82) is 0 Å². The van der Waals surface area contributed by atoms with E-state index in [0.29, 0.717) is 10.4 Å². The Kier molecular flexibility index (Phi) is 2.10. The molecule has 1 aromatic rings. The molecule has 2 aliphatic rings. The van der Waals surface area contributed by atoms with Crippen LogP contribution < -0.4 is 5.43 Å². The Morgan fingerprint density at radius 2 is 2.12 bits per heavy atom. The maximum Gasteiger partial charge on any atom is 0.453 e. The third-order valence-corrected chi connectivity index (χ3v) is 4.23. The monoisotopic (exact) mass is 250 g/mol. The summed E-state index contributed by atoms with van der Waals surface area (Å²) in [5.74, 6) is -0.958. The van der Waals surface area contributed by atoms with Gasteiger partial charge < -0.3 is 5.43 Å². The zero-order chi connectivity index (χ0) is 11.3. The Balaban J connectivity index is 1.98. The highest BCUT2D eigenvalue weighted by Gasteiger charge is 2.43. The van der Waals surface area contributed by atoms with Crippen molar-refractivity contribution in [2.75, 3.05) is 5.43 Å². The highest BCUT2D eigenvalue weighted by atomic mass is 32.2. The Morgan fingerprint density at radius 1 is 1.31 bits per heavy atom. The minimum atomic E-state index is -4.45. The van der Waals surface area contributed by atoms with Crippen molar-refractivity contribution in [3.63, 3.8) is 0 Å². The third-order valence-electron chi connectivity index (χ3n) is 2.89. The number of nitrogens with one attached hydrogen (secondary N) is 1. The summed E-state index contributed by atoms with van der Waals surface area (Å²) < 4.78 is 38.7. The Bertz CT molecular complexity index is 416. The first-order valence-corrected chi connectivity index (χ1v) is 5.89. The van der Waals surface area contributed by atoms with E-state index in [1.54, 1.807) is 0 Å². The van der Waals surface area contributed by atoms with Crippen LogP contribution in [0.2, 0.25) is 0 Å². The topological polar surface area (TPSA) is 42.7 Å². The van der Waals surface area contributed by atoms with Crippen LogP contribution in [0.3, 0.4) is 0 Å². The van der Waals surface area contributed by atoms with E-state index in [4.69, 9.17) is 0 Å². The number of nitrogens with zero attached hydrogens (tertiary/aromatic N) is 3. The summed E-state index contributed by atoms with van der Waals surface area (Å²) in [6.07, 6.45) is -1.47. The van der Waals surface area contributed by atoms with Crippen molar-refractivity contribution in [2.24, 2.45) is 0 Å². The zero-order valence-electron chi connectivity index (χ0n) is 8.16. The van der Waals surface area contributed by atoms with E-state index < -0.39 is 12.0 Å². The Hall–Kier alpha value is -0.920. The standard InChI is InChI=1S/C8H9F3N4S/c9-8(10,11)6-12-13-7-15(6)14-4-2-1-3-5(4)16-7/h4-5,14H,1-3H2. The SMILES string of the molecule is FC(F)(F)c1nnc2n1NC1CCCC1S2. The summed E-state index contributed by atoms with van der Waals surface area (Å²) in [6, 6.07) is 0.106. The maximum absolute atomic E-state index is 12.6. The van der Waals surface area contributed by atoms with Gasteiger partial charge in [0.2, 0.25) is 5.16 Å². The lowest BCUT2D eigenvalue weighted by Crippen LogP contribution is -2.39. The molecule has 0 amide bonds. The van der Waals surface area contributed by atoms with E-state index in [1.807, 2.05) is 0 Å². The molecule has 3 rings (SSSR count). The molecule has 8 heteroatoms. The number of rotatable bonds is 0. The van der Waals surface area contributed by atoms with Crippen LogP contribution in [-0.4, -0.2) is 26.2 Å². The number of aromatic nitrogens is 3. The van der Waals surface area contributed by atoms with E-state index >= 15 is 0 Å². The Labute approximate surface area is 93.6 Å². The van der Waals surface area contributed by atoms with E-state index in [0.717, 1.165) is 23.9 Å². The highest BCUT2D eigenvalue weighted by molar-refractivity contribution is 7.99. The van der Waals surface area contributed by atoms with Crippen molar-refractivity contribution in [1.82, 2.24) is 14.9 Å². The van der Waals surface area contributed by atoms with Crippen LogP contribution >= 0.6 is 11.8 Å². The van der Waals surface area contributed by atoms with Crippen molar-refractivity contribution < 1.29 is 13.2 Å². The van der Waals surface area contributed by atoms with Crippen LogP contribution in [0.5, 0.6) is 0 Å². The molecular weight excluding hydrogens is 241 g/mol. The number of thioether (sulfide) groups is 1. The smallest absolute Gasteiger partial charge is 0.318 e. The summed E-state index contributed by atoms with van der Waals surface area (Å²) in [6.45, 7) is 0. The van der Waals surface area contributed by atoms with Crippen LogP contribution in [-0.2, 0) is 6.18 Å². The van der Waals surface area contributed by atoms with Gasteiger partial charge in [0.05, 0.1) is 6.04 Å². The van der Waals surface area contributed by atoms with Gasteiger partial charge in [-0.2, -0.15) is 13.2 Å². The van der Waals surface area contributed by atoms with Gasteiger partial charge in [-0.25, -0.2) is 4.68 Å². The molecule has 4 nitrogen and oxygen atoms in total. The van der Waals surface area contributed by atoms with Crippen molar-refractivity contribution in [3.05, 3.63) is 5.82 Å². The maximum atomic E-state index is 12.6. The quantitative estimate of drug-likeness (QED) is 0.763. The van der Waals surface area contributed by atoms with E-state index in [1.165, 1.54) is 11.8 Å². The van der Waals surface area contributed by atoms with Gasteiger partial charge in [-0.3, -0.25) is 0 Å². The fourth-order valence-electron chi connectivity index (χ4n) is 2.16. The average molecular weight is 250 g/mol. The highest BCUT2D eigenvalue weighted by Crippen LogP contribution is 2.40. The van der Waals surface area contributed by atoms with Crippen LogP contribution in [0.1, 0.15) is 25.1 Å². The fourth-order valence-corrected chi connectivity index (χ4v) is 3.41. The molecule has 1 fully saturated rings. The molecule has 0 spiro atoms. The van der Waals surface area contributed by atoms with E-state index in [9.17, 15) is 13.2 Å². The second-order valence-electron chi connectivity index (χ2n) is 3.96. The molecule has 1 saturated carbocycles. The van der Waals surface area contributed by atoms with Crippen molar-refractivity contribution >= 4 is 11.8 Å². The summed E-state index contributed by atoms with van der Waals surface area (Å²) in [7, 11) is 0. The lowest BCUT2D eigenvalue weighted by Gasteiger charge is -2.28. The lowest BCUT2D eigenvalue weighted by atomic mass is 10.3. The van der Waals surface area contributed by atoms with Crippen LogP contribution in [0.25, 0.3) is 0 Å². The number of hydrogen-bond donors (Lipinski definition) is 1. The van der Waals surface area contributed by atoms with Crippen LogP contribution in [0.4, 0.5) is 13.2 Å². The van der Waals surface area contributed by atoms with Gasteiger partial charge in [0, 0.05) is 5.25 Å². The van der Waals surface area contributed by atoms with Gasteiger partial charge in [0.1, 0.15) is 0 Å². The summed E-state index contributed by atoms with van der Waals surface area (Å²) in [5.41, 5.74) is 2.86. The molecule has 0 saturated heterocycles. The molecule has 2 heterocycles. The van der Waals surface area contributed by atoms with Crippen LogP contribution in [0, 0.1) is 0 Å². The minimum Gasteiger partial charge on any atom is -0.318 e. The fraction of sp³-hybridized carbons (Fsp3) is 0.750. The van der Waals surface area contributed by atoms with Crippen LogP contribution in [0.15, 0.2) is 5.16 Å². The number of alkyl halides is 3. The van der Waals surface area contributed by atoms with Gasteiger partial charge in [-0.05, 0) is 12.8 Å². The molecule has 88 valence electrons. The molecule has 1 aliphatic carbocycles. The van der Waals surface area contributed by atoms with Gasteiger partial charge in [0.15, 0.2) is 0 Å². The molecule has 0 bridgehead atoms. The van der Waals surface area contributed by atoms with Crippen molar-refractivity contribution in [3.8, 4) is 0 Å². The van der Waals surface area contributed by atoms with Gasteiger partial charge >= 0.3 is 6.18 Å². The molecule has 2 atom stereocenters. The largest absolute Gasteiger partial charge is 0.453 e. The zero-order valence-corrected chi connectivity index (χ0v) is 8.98. The Morgan fingerprint density at radius 3 is 2.88 bits per heavy atom. The van der Waals surface area contributed by atoms with E-state index in [-0.39, 0.29) is 6.04 Å². The predicted octanol–water partition coefficient (Wildman–Crippen LogP) is 1.87. The molecule has 1 aliphatic heterocycles. The lowest BCUT2D eigenvalue weighted by molar-refractivity contribution is -0.147. The average Bonchev–Trinajstić information content (AvgIpc) is 2.76. The normalized spacial score (nSPS) is 28.4. The summed E-state index contributed by atoms with van der Waals surface area (Å²) in [4.78, 5) is 0. The molecule has 0 radical (unpaired) electrons. The summed E-state index contributed by atoms with van der Waals surface area (Å²) in [5, 5.41) is 7.42. The minimum absolute atomic E-state index is 0.106. The first-order valence-electron chi connectivity index (χ1n) is 5.01. The van der Waals surface area contributed by atoms with Gasteiger partial charge in [0.25, 0.3) is 5.82 Å². The summed E-state index contributed by atoms with van der Waals surface area (Å²) >= 11 is 1.39. The second kappa shape index (κ2) is 3.28. The van der Waals surface area contributed by atoms with E-state index in [2.05, 4.69) is 15.6 Å². The molecular formula is C8H9F3N4S. The first-order chi connectivity index (χ1) is 7.55. The molecule has 1 aromatic heterocycles. The van der Waals surface area contributed by atoms with Gasteiger partial charge in [-0.1, -0.05) is 18.2 Å². The third kappa shape index (κ3) is 1.47. The molecule has 2 unspecified atom stereocenters.